The monoisotopic (exact) mass is 677 g/mol. The highest BCUT2D eigenvalue weighted by Gasteiger charge is 2.42. The lowest BCUT2D eigenvalue weighted by Gasteiger charge is -2.37. The summed E-state index contributed by atoms with van der Waals surface area (Å²) >= 11 is 1.39. The SMILES string of the molecule is CCCCC1(CCCC)CN(c2ccccc2)c2cc(SC)c(OCC(=O)NC(C(=O)O)c3c[nH]c4ccccc34)cc2S(=O)(=O)C1. The number of aliphatic carboxylic acids is 1. The Morgan fingerprint density at radius 1 is 1.04 bits per heavy atom. The fraction of sp³-hybridized carbons (Fsp3) is 0.389. The molecule has 47 heavy (non-hydrogen) atoms. The van der Waals surface area contributed by atoms with Crippen LogP contribution in [-0.2, 0) is 19.4 Å². The summed E-state index contributed by atoms with van der Waals surface area (Å²) in [7, 11) is -3.77. The van der Waals surface area contributed by atoms with Crippen LogP contribution in [0.2, 0.25) is 0 Å². The summed E-state index contributed by atoms with van der Waals surface area (Å²) in [5.41, 5.74) is 2.26. The van der Waals surface area contributed by atoms with Gasteiger partial charge in [0.1, 0.15) is 5.75 Å². The third-order valence-corrected chi connectivity index (χ3v) is 11.6. The lowest BCUT2D eigenvalue weighted by atomic mass is 9.79. The standard InChI is InChI=1S/C36H43N3O6S2/c1-4-6-17-36(18-7-5-2)23-39(25-13-9-8-10-14-25)29-19-31(46-3)30(20-32(29)47(43,44)24-36)45-22-33(40)38-34(35(41)42)27-21-37-28-16-12-11-15-26(27)28/h8-16,19-21,34,37H,4-7,17-18,22-24H2,1-3H3,(H,38,40)(H,41,42). The van der Waals surface area contributed by atoms with Crippen LogP contribution in [0.15, 0.2) is 82.7 Å². The van der Waals surface area contributed by atoms with E-state index in [1.165, 1.54) is 11.8 Å². The zero-order valence-corrected chi connectivity index (χ0v) is 28.8. The average Bonchev–Trinajstić information content (AvgIpc) is 3.46. The summed E-state index contributed by atoms with van der Waals surface area (Å²) in [6.45, 7) is 4.35. The second-order valence-electron chi connectivity index (χ2n) is 12.3. The van der Waals surface area contributed by atoms with E-state index in [1.807, 2.05) is 54.8 Å². The number of carbonyl (C=O) groups excluding carboxylic acids is 1. The zero-order valence-electron chi connectivity index (χ0n) is 27.1. The number of carboxylic acid groups (broad SMARTS) is 1. The summed E-state index contributed by atoms with van der Waals surface area (Å²) in [6.07, 6.45) is 8.89. The Labute approximate surface area is 281 Å². The number of sulfone groups is 1. The van der Waals surface area contributed by atoms with Crippen molar-refractivity contribution in [3.8, 4) is 5.75 Å². The minimum absolute atomic E-state index is 0.0276. The van der Waals surface area contributed by atoms with Gasteiger partial charge >= 0.3 is 5.97 Å². The molecule has 2 heterocycles. The first-order valence-electron chi connectivity index (χ1n) is 16.1. The molecule has 0 radical (unpaired) electrons. The molecule has 1 aliphatic rings. The number of benzene rings is 3. The Morgan fingerprint density at radius 2 is 1.72 bits per heavy atom. The number of hydrogen-bond donors (Lipinski definition) is 3. The van der Waals surface area contributed by atoms with E-state index >= 15 is 0 Å². The number of amides is 1. The molecule has 0 fully saturated rings. The summed E-state index contributed by atoms with van der Waals surface area (Å²) < 4.78 is 34.6. The lowest BCUT2D eigenvalue weighted by Crippen LogP contribution is -2.38. The van der Waals surface area contributed by atoms with Crippen LogP contribution in [-0.4, -0.2) is 55.5 Å². The van der Waals surface area contributed by atoms with Gasteiger partial charge in [-0.05, 0) is 43.4 Å². The van der Waals surface area contributed by atoms with Crippen molar-refractivity contribution in [1.29, 1.82) is 0 Å². The van der Waals surface area contributed by atoms with Crippen LogP contribution in [0.25, 0.3) is 10.9 Å². The van der Waals surface area contributed by atoms with Gasteiger partial charge in [0.15, 0.2) is 22.5 Å². The van der Waals surface area contributed by atoms with Crippen molar-refractivity contribution in [3.05, 3.63) is 78.5 Å². The van der Waals surface area contributed by atoms with E-state index in [4.69, 9.17) is 4.74 Å². The number of H-pyrrole nitrogens is 1. The lowest BCUT2D eigenvalue weighted by molar-refractivity contribution is -0.142. The van der Waals surface area contributed by atoms with Crippen LogP contribution in [0.5, 0.6) is 5.75 Å². The molecule has 0 spiro atoms. The molecule has 250 valence electrons. The van der Waals surface area contributed by atoms with Crippen LogP contribution in [0.4, 0.5) is 11.4 Å². The number of carboxylic acids is 1. The average molecular weight is 678 g/mol. The summed E-state index contributed by atoms with van der Waals surface area (Å²) in [6, 6.07) is 19.2. The second-order valence-corrected chi connectivity index (χ2v) is 15.1. The minimum Gasteiger partial charge on any atom is -0.483 e. The summed E-state index contributed by atoms with van der Waals surface area (Å²) in [4.78, 5) is 31.3. The number of anilines is 2. The van der Waals surface area contributed by atoms with Crippen molar-refractivity contribution in [1.82, 2.24) is 10.3 Å². The van der Waals surface area contributed by atoms with E-state index in [-0.39, 0.29) is 16.4 Å². The molecule has 1 aromatic heterocycles. The number of carbonyl (C=O) groups is 2. The molecule has 1 amide bonds. The molecule has 1 aliphatic heterocycles. The predicted octanol–water partition coefficient (Wildman–Crippen LogP) is 7.50. The van der Waals surface area contributed by atoms with Crippen LogP contribution in [0, 0.1) is 5.41 Å². The van der Waals surface area contributed by atoms with Crippen molar-refractivity contribution in [2.24, 2.45) is 5.41 Å². The van der Waals surface area contributed by atoms with Gasteiger partial charge in [-0.1, -0.05) is 75.9 Å². The molecule has 0 aliphatic carbocycles. The quantitative estimate of drug-likeness (QED) is 0.117. The van der Waals surface area contributed by atoms with Crippen molar-refractivity contribution in [3.63, 3.8) is 0 Å². The fourth-order valence-electron chi connectivity index (χ4n) is 6.53. The molecular weight excluding hydrogens is 635 g/mol. The van der Waals surface area contributed by atoms with Gasteiger partial charge in [-0.3, -0.25) is 4.79 Å². The maximum Gasteiger partial charge on any atom is 0.330 e. The van der Waals surface area contributed by atoms with E-state index in [0.717, 1.165) is 49.7 Å². The third kappa shape index (κ3) is 7.62. The normalized spacial score (nSPS) is 15.9. The molecule has 5 rings (SSSR count). The molecule has 3 aromatic carbocycles. The maximum absolute atomic E-state index is 14.3. The first-order valence-corrected chi connectivity index (χ1v) is 19.0. The predicted molar refractivity (Wildman–Crippen MR) is 188 cm³/mol. The van der Waals surface area contributed by atoms with Crippen LogP contribution in [0.3, 0.4) is 0 Å². The van der Waals surface area contributed by atoms with Crippen molar-refractivity contribution in [2.75, 3.05) is 30.1 Å². The van der Waals surface area contributed by atoms with Gasteiger partial charge in [0.25, 0.3) is 5.91 Å². The molecule has 9 nitrogen and oxygen atoms in total. The molecular formula is C36H43N3O6S2. The summed E-state index contributed by atoms with van der Waals surface area (Å²) in [5, 5.41) is 13.2. The van der Waals surface area contributed by atoms with E-state index in [1.54, 1.807) is 24.4 Å². The molecule has 11 heteroatoms. The number of para-hydroxylation sites is 2. The van der Waals surface area contributed by atoms with Crippen LogP contribution in [0.1, 0.15) is 64.0 Å². The molecule has 3 N–H and O–H groups in total. The van der Waals surface area contributed by atoms with Gasteiger partial charge in [0.05, 0.1) is 21.2 Å². The van der Waals surface area contributed by atoms with Gasteiger partial charge < -0.3 is 25.0 Å². The van der Waals surface area contributed by atoms with Gasteiger partial charge in [0.2, 0.25) is 0 Å². The molecule has 1 unspecified atom stereocenters. The Balaban J connectivity index is 1.48. The number of rotatable bonds is 14. The number of thioether (sulfide) groups is 1. The Kier molecular flexibility index (Phi) is 10.9. The van der Waals surface area contributed by atoms with E-state index in [9.17, 15) is 23.1 Å². The third-order valence-electron chi connectivity index (χ3n) is 8.89. The Bertz CT molecular complexity index is 1810. The van der Waals surface area contributed by atoms with Crippen molar-refractivity contribution < 1.29 is 27.9 Å². The first-order chi connectivity index (χ1) is 22.6. The van der Waals surface area contributed by atoms with Crippen molar-refractivity contribution >= 4 is 55.8 Å². The largest absolute Gasteiger partial charge is 0.483 e. The maximum atomic E-state index is 14.3. The molecule has 4 aromatic rings. The van der Waals surface area contributed by atoms with Gasteiger partial charge in [0, 0.05) is 46.4 Å². The minimum atomic E-state index is -3.77. The number of ether oxygens (including phenoxy) is 1. The molecule has 1 atom stereocenters. The first kappa shape index (κ1) is 34.4. The van der Waals surface area contributed by atoms with Crippen molar-refractivity contribution in [2.45, 2.75) is 68.2 Å². The Hall–Kier alpha value is -3.96. The van der Waals surface area contributed by atoms with E-state index in [0.29, 0.717) is 28.1 Å². The number of nitrogens with one attached hydrogen (secondary N) is 2. The highest BCUT2D eigenvalue weighted by molar-refractivity contribution is 7.98. The van der Waals surface area contributed by atoms with E-state index in [2.05, 4.69) is 29.0 Å². The number of nitrogens with zero attached hydrogens (tertiary/aromatic N) is 1. The van der Waals surface area contributed by atoms with Gasteiger partial charge in [-0.2, -0.15) is 0 Å². The second kappa shape index (κ2) is 14.9. The fourth-order valence-corrected chi connectivity index (χ4v) is 9.20. The summed E-state index contributed by atoms with van der Waals surface area (Å²) in [5.74, 6) is -1.56. The number of fused-ring (bicyclic) bond motifs is 2. The molecule has 0 saturated carbocycles. The van der Waals surface area contributed by atoms with E-state index < -0.39 is 39.8 Å². The number of unbranched alkanes of at least 4 members (excludes halogenated alkanes) is 2. The highest BCUT2D eigenvalue weighted by atomic mass is 32.2. The number of aromatic nitrogens is 1. The molecule has 0 saturated heterocycles. The highest BCUT2D eigenvalue weighted by Crippen LogP contribution is 2.47. The topological polar surface area (TPSA) is 129 Å². The van der Waals surface area contributed by atoms with Gasteiger partial charge in [-0.15, -0.1) is 11.8 Å². The number of aromatic amines is 1. The van der Waals surface area contributed by atoms with Crippen LogP contribution < -0.4 is 15.0 Å². The van der Waals surface area contributed by atoms with Crippen LogP contribution >= 0.6 is 11.8 Å². The Morgan fingerprint density at radius 3 is 2.38 bits per heavy atom. The van der Waals surface area contributed by atoms with Gasteiger partial charge in [-0.25, -0.2) is 13.2 Å². The smallest absolute Gasteiger partial charge is 0.330 e. The number of hydrogen-bond acceptors (Lipinski definition) is 7. The zero-order chi connectivity index (χ0) is 33.6. The molecule has 0 bridgehead atoms.